The molecule has 1 rings (SSSR count). The first-order valence-corrected chi connectivity index (χ1v) is 4.50. The smallest absolute Gasteiger partial charge is 0.0619 e. The van der Waals surface area contributed by atoms with Crippen LogP contribution in [-0.4, -0.2) is 0 Å². The zero-order valence-corrected chi connectivity index (χ0v) is 6.11. The number of hydrogen-bond acceptors (Lipinski definition) is 1. The summed E-state index contributed by atoms with van der Waals surface area (Å²) in [5.74, 6) is 0. The Bertz CT molecular complexity index is 171. The van der Waals surface area contributed by atoms with Crippen molar-refractivity contribution in [3.8, 4) is 0 Å². The molecule has 0 bridgehead atoms. The van der Waals surface area contributed by atoms with Crippen LogP contribution < -0.4 is 5.30 Å². The van der Waals surface area contributed by atoms with E-state index in [4.69, 9.17) is 11.8 Å². The lowest BCUT2D eigenvalue weighted by molar-refractivity contribution is 1.78. The Morgan fingerprint density at radius 1 is 1.12 bits per heavy atom. The molecule has 0 aliphatic carbocycles. The zero-order valence-electron chi connectivity index (χ0n) is 4.29. The molecule has 1 aromatic carbocycles. The van der Waals surface area contributed by atoms with Crippen molar-refractivity contribution < 1.29 is 0 Å². The molecule has 0 heterocycles. The molecule has 1 unspecified atom stereocenters. The third-order valence-electron chi connectivity index (χ3n) is 0.892. The van der Waals surface area contributed by atoms with Crippen molar-refractivity contribution in [2.45, 2.75) is 0 Å². The molecule has 0 radical (unpaired) electrons. The third-order valence-corrected chi connectivity index (χ3v) is 2.17. The Balaban J connectivity index is 2.99. The van der Waals surface area contributed by atoms with Crippen molar-refractivity contribution >= 4 is 24.5 Å². The van der Waals surface area contributed by atoms with Gasteiger partial charge < -0.3 is 0 Å². The molecule has 2 heteroatoms. The van der Waals surface area contributed by atoms with Gasteiger partial charge in [0.2, 0.25) is 0 Å². The molecule has 1 atom stereocenters. The highest BCUT2D eigenvalue weighted by atomic mass is 32.4. The zero-order chi connectivity index (χ0) is 5.82. The van der Waals surface area contributed by atoms with E-state index in [-0.39, 0.29) is 0 Å². The molecule has 0 fully saturated rings. The van der Waals surface area contributed by atoms with Crippen molar-refractivity contribution in [1.82, 2.24) is 0 Å². The van der Waals surface area contributed by atoms with Crippen molar-refractivity contribution in [2.24, 2.45) is 0 Å². The van der Waals surface area contributed by atoms with Crippen LogP contribution in [0.25, 0.3) is 0 Å². The van der Waals surface area contributed by atoms with Crippen LogP contribution in [0.4, 0.5) is 0 Å². The standard InChI is InChI=1S/C6H5PS/c8-7-6-4-2-1-3-5-6/h1-5H/p+1. The van der Waals surface area contributed by atoms with E-state index in [1.54, 1.807) is 0 Å². The van der Waals surface area contributed by atoms with E-state index >= 15 is 0 Å². The van der Waals surface area contributed by atoms with Crippen molar-refractivity contribution in [3.05, 3.63) is 30.3 Å². The molecule has 0 amide bonds. The van der Waals surface area contributed by atoms with Crippen LogP contribution in [0.1, 0.15) is 0 Å². The minimum absolute atomic E-state index is 0.513. The van der Waals surface area contributed by atoms with Gasteiger partial charge in [0.1, 0.15) is 0 Å². The van der Waals surface area contributed by atoms with Crippen LogP contribution in [0.3, 0.4) is 0 Å². The maximum Gasteiger partial charge on any atom is 0.198 e. The average molecular weight is 141 g/mol. The Morgan fingerprint density at radius 2 is 1.75 bits per heavy atom. The van der Waals surface area contributed by atoms with E-state index in [1.165, 1.54) is 5.30 Å². The topological polar surface area (TPSA) is 0 Å². The second-order valence-corrected chi connectivity index (χ2v) is 2.86. The fraction of sp³-hybridized carbons (Fsp3) is 0. The van der Waals surface area contributed by atoms with Gasteiger partial charge in [-0.25, -0.2) is 0 Å². The molecule has 0 N–H and O–H groups in total. The molecule has 1 aromatic rings. The summed E-state index contributed by atoms with van der Waals surface area (Å²) in [6.07, 6.45) is 0. The maximum atomic E-state index is 4.85. The van der Waals surface area contributed by atoms with Gasteiger partial charge in [-0.05, 0) is 12.1 Å². The molecule has 0 aliphatic rings. The summed E-state index contributed by atoms with van der Waals surface area (Å²) in [5.41, 5.74) is 0. The van der Waals surface area contributed by atoms with Gasteiger partial charge in [0.15, 0.2) is 24.5 Å². The first kappa shape index (κ1) is 5.87. The molecule has 40 valence electrons. The van der Waals surface area contributed by atoms with Crippen molar-refractivity contribution in [3.63, 3.8) is 0 Å². The number of rotatable bonds is 1. The summed E-state index contributed by atoms with van der Waals surface area (Å²) < 4.78 is 0. The van der Waals surface area contributed by atoms with E-state index in [9.17, 15) is 0 Å². The highest BCUT2D eigenvalue weighted by Gasteiger charge is 1.88. The SMILES string of the molecule is S=[PH+]c1ccccc1. The maximum absolute atomic E-state index is 4.85. The Hall–Kier alpha value is -0.260. The Kier molecular flexibility index (Phi) is 2.13. The molecule has 0 spiro atoms. The first-order valence-electron chi connectivity index (χ1n) is 2.36. The van der Waals surface area contributed by atoms with Crippen LogP contribution in [0, 0.1) is 0 Å². The highest BCUT2D eigenvalue weighted by Crippen LogP contribution is 1.92. The molecule has 0 saturated carbocycles. The van der Waals surface area contributed by atoms with Crippen LogP contribution in [0.5, 0.6) is 0 Å². The fourth-order valence-electron chi connectivity index (χ4n) is 0.506. The predicted molar refractivity (Wildman–Crippen MR) is 41.8 cm³/mol. The summed E-state index contributed by atoms with van der Waals surface area (Å²) in [6.45, 7) is 0. The van der Waals surface area contributed by atoms with Crippen LogP contribution in [0.2, 0.25) is 0 Å². The molecule has 0 nitrogen and oxygen atoms in total. The molecule has 8 heavy (non-hydrogen) atoms. The van der Waals surface area contributed by atoms with Crippen LogP contribution in [-0.2, 0) is 11.8 Å². The lowest BCUT2D eigenvalue weighted by Crippen LogP contribution is -1.84. The molecule has 0 saturated heterocycles. The number of hydrogen-bond donors (Lipinski definition) is 0. The van der Waals surface area contributed by atoms with Gasteiger partial charge in [-0.3, -0.25) is 0 Å². The van der Waals surface area contributed by atoms with Gasteiger partial charge in [0.05, 0.1) is 0 Å². The van der Waals surface area contributed by atoms with Gasteiger partial charge in [-0.2, -0.15) is 0 Å². The van der Waals surface area contributed by atoms with Gasteiger partial charge in [0.25, 0.3) is 0 Å². The quantitative estimate of drug-likeness (QED) is 0.533. The van der Waals surface area contributed by atoms with E-state index < -0.39 is 0 Å². The summed E-state index contributed by atoms with van der Waals surface area (Å²) in [7, 11) is 0.513. The van der Waals surface area contributed by atoms with Gasteiger partial charge in [-0.15, -0.1) is 0 Å². The minimum atomic E-state index is 0.513. The molecular weight excluding hydrogens is 135 g/mol. The Morgan fingerprint density at radius 3 is 2.12 bits per heavy atom. The Labute approximate surface area is 55.4 Å². The van der Waals surface area contributed by atoms with E-state index in [2.05, 4.69) is 0 Å². The minimum Gasteiger partial charge on any atom is -0.0619 e. The molecule has 0 aromatic heterocycles. The summed E-state index contributed by atoms with van der Waals surface area (Å²) in [4.78, 5) is 0. The lowest BCUT2D eigenvalue weighted by Gasteiger charge is -1.75. The largest absolute Gasteiger partial charge is 0.198 e. The van der Waals surface area contributed by atoms with Crippen LogP contribution >= 0.6 is 7.36 Å². The first-order chi connectivity index (χ1) is 3.93. The monoisotopic (exact) mass is 141 g/mol. The predicted octanol–water partition coefficient (Wildman–Crippen LogP) is 1.45. The molecular formula is C6H6PS+. The van der Waals surface area contributed by atoms with Crippen molar-refractivity contribution in [1.29, 1.82) is 0 Å². The van der Waals surface area contributed by atoms with E-state index in [0.29, 0.717) is 7.36 Å². The van der Waals surface area contributed by atoms with Gasteiger partial charge >= 0.3 is 0 Å². The average Bonchev–Trinajstić information content (AvgIpc) is 1.90. The second-order valence-electron chi connectivity index (χ2n) is 1.47. The second kappa shape index (κ2) is 2.91. The van der Waals surface area contributed by atoms with E-state index in [0.717, 1.165) is 0 Å². The normalized spacial score (nSPS) is 9.50. The highest BCUT2D eigenvalue weighted by molar-refractivity contribution is 7.99. The molecule has 0 aliphatic heterocycles. The van der Waals surface area contributed by atoms with Crippen molar-refractivity contribution in [2.75, 3.05) is 0 Å². The fourth-order valence-corrected chi connectivity index (χ4v) is 1.24. The van der Waals surface area contributed by atoms with Gasteiger partial charge in [-0.1, -0.05) is 18.2 Å². The van der Waals surface area contributed by atoms with E-state index in [1.807, 2.05) is 30.3 Å². The van der Waals surface area contributed by atoms with Crippen LogP contribution in [0.15, 0.2) is 30.3 Å². The lowest BCUT2D eigenvalue weighted by atomic mass is 10.4. The third kappa shape index (κ3) is 1.36. The summed E-state index contributed by atoms with van der Waals surface area (Å²) in [6, 6.07) is 10.1. The summed E-state index contributed by atoms with van der Waals surface area (Å²) in [5, 5.41) is 1.25. The number of benzene rings is 1. The van der Waals surface area contributed by atoms with Gasteiger partial charge in [0, 0.05) is 0 Å². The summed E-state index contributed by atoms with van der Waals surface area (Å²) >= 11 is 4.85.